The van der Waals surface area contributed by atoms with Crippen LogP contribution in [0.25, 0.3) is 0 Å². The van der Waals surface area contributed by atoms with Crippen LogP contribution in [0.5, 0.6) is 5.06 Å². The van der Waals surface area contributed by atoms with Gasteiger partial charge in [-0.25, -0.2) is 0 Å². The van der Waals surface area contributed by atoms with E-state index >= 15 is 0 Å². The summed E-state index contributed by atoms with van der Waals surface area (Å²) in [5, 5.41) is 13.0. The van der Waals surface area contributed by atoms with Crippen LogP contribution in [0.15, 0.2) is 11.4 Å². The lowest BCUT2D eigenvalue weighted by Gasteiger charge is -2.26. The first-order valence-corrected chi connectivity index (χ1v) is 6.13. The van der Waals surface area contributed by atoms with Crippen LogP contribution in [0.1, 0.15) is 46.6 Å². The lowest BCUT2D eigenvalue weighted by Crippen LogP contribution is -2.26. The minimum Gasteiger partial charge on any atom is -0.478 e. The molecule has 0 saturated carbocycles. The summed E-state index contributed by atoms with van der Waals surface area (Å²) in [4.78, 5) is 0. The van der Waals surface area contributed by atoms with Gasteiger partial charge in [0.25, 0.3) is 0 Å². The van der Waals surface area contributed by atoms with Gasteiger partial charge in [-0.3, -0.25) is 0 Å². The summed E-state index contributed by atoms with van der Waals surface area (Å²) in [6, 6.07) is 1.94. The van der Waals surface area contributed by atoms with E-state index in [0.717, 1.165) is 10.6 Å². The molecule has 1 unspecified atom stereocenters. The van der Waals surface area contributed by atoms with Crippen molar-refractivity contribution in [2.75, 3.05) is 0 Å². The molecule has 0 saturated heterocycles. The van der Waals surface area contributed by atoms with Crippen molar-refractivity contribution in [3.8, 4) is 5.06 Å². The van der Waals surface area contributed by atoms with Crippen molar-refractivity contribution in [2.45, 2.75) is 52.2 Å². The van der Waals surface area contributed by atoms with Crippen molar-refractivity contribution in [2.24, 2.45) is 0 Å². The van der Waals surface area contributed by atoms with Gasteiger partial charge in [0, 0.05) is 5.56 Å². The topological polar surface area (TPSA) is 29.5 Å². The van der Waals surface area contributed by atoms with Gasteiger partial charge in [-0.15, -0.1) is 11.3 Å². The summed E-state index contributed by atoms with van der Waals surface area (Å²) in [6.45, 7) is 9.83. The molecule has 0 aromatic carbocycles. The van der Waals surface area contributed by atoms with Gasteiger partial charge < -0.3 is 9.84 Å². The van der Waals surface area contributed by atoms with Gasteiger partial charge in [-0.05, 0) is 45.6 Å². The first-order chi connectivity index (χ1) is 6.76. The maximum atomic E-state index is 10.2. The molecule has 0 spiro atoms. The summed E-state index contributed by atoms with van der Waals surface area (Å²) in [5.41, 5.74) is -0.116. The minimum atomic E-state index is -0.791. The Morgan fingerprint density at radius 3 is 2.40 bits per heavy atom. The molecule has 0 radical (unpaired) electrons. The number of ether oxygens (including phenoxy) is 1. The van der Waals surface area contributed by atoms with Crippen LogP contribution in [-0.4, -0.2) is 10.7 Å². The quantitative estimate of drug-likeness (QED) is 0.857. The molecule has 0 aliphatic heterocycles. The maximum Gasteiger partial charge on any atom is 0.180 e. The fourth-order valence-corrected chi connectivity index (χ4v) is 2.28. The molecule has 15 heavy (non-hydrogen) atoms. The van der Waals surface area contributed by atoms with E-state index in [1.165, 1.54) is 11.3 Å². The zero-order chi connectivity index (χ0) is 11.7. The zero-order valence-corrected chi connectivity index (χ0v) is 10.9. The lowest BCUT2D eigenvalue weighted by molar-refractivity contribution is 0.0456. The van der Waals surface area contributed by atoms with Gasteiger partial charge >= 0.3 is 0 Å². The Morgan fingerprint density at radius 1 is 1.33 bits per heavy atom. The van der Waals surface area contributed by atoms with Crippen LogP contribution in [-0.2, 0) is 5.60 Å². The Morgan fingerprint density at radius 2 is 1.93 bits per heavy atom. The Labute approximate surface area is 95.9 Å². The third kappa shape index (κ3) is 3.21. The standard InChI is InChI=1S/C12H20O2S/c1-6-12(5,13)9-7-8-15-10(9)14-11(2,3)4/h7-8,13H,6H2,1-5H3. The fraction of sp³-hybridized carbons (Fsp3) is 0.667. The van der Waals surface area contributed by atoms with E-state index in [4.69, 9.17) is 4.74 Å². The molecule has 1 rings (SSSR count). The molecule has 1 aromatic rings. The van der Waals surface area contributed by atoms with Crippen molar-refractivity contribution < 1.29 is 9.84 Å². The first-order valence-electron chi connectivity index (χ1n) is 5.25. The SMILES string of the molecule is CCC(C)(O)c1ccsc1OC(C)(C)C. The van der Waals surface area contributed by atoms with Crippen LogP contribution in [0.4, 0.5) is 0 Å². The van der Waals surface area contributed by atoms with E-state index in [1.807, 2.05) is 46.1 Å². The van der Waals surface area contributed by atoms with Crippen LogP contribution in [0.2, 0.25) is 0 Å². The second-order valence-electron chi connectivity index (χ2n) is 4.96. The van der Waals surface area contributed by atoms with Gasteiger partial charge in [-0.2, -0.15) is 0 Å². The van der Waals surface area contributed by atoms with E-state index < -0.39 is 5.60 Å². The highest BCUT2D eigenvalue weighted by Gasteiger charge is 2.27. The average Bonchev–Trinajstić information content (AvgIpc) is 2.50. The highest BCUT2D eigenvalue weighted by atomic mass is 32.1. The summed E-state index contributed by atoms with van der Waals surface area (Å²) in [5.74, 6) is 0. The van der Waals surface area contributed by atoms with Crippen LogP contribution >= 0.6 is 11.3 Å². The predicted octanol–water partition coefficient (Wildman–Crippen LogP) is 3.54. The van der Waals surface area contributed by atoms with Crippen LogP contribution in [0, 0.1) is 0 Å². The van der Waals surface area contributed by atoms with E-state index in [1.54, 1.807) is 0 Å². The number of hydrogen-bond acceptors (Lipinski definition) is 3. The Hall–Kier alpha value is -0.540. The number of thiophene rings is 1. The van der Waals surface area contributed by atoms with E-state index in [0.29, 0.717) is 6.42 Å². The summed E-state index contributed by atoms with van der Waals surface area (Å²) in [6.07, 6.45) is 0.685. The molecule has 3 heteroatoms. The molecule has 2 nitrogen and oxygen atoms in total. The van der Waals surface area contributed by atoms with Gasteiger partial charge in [0.2, 0.25) is 0 Å². The summed E-state index contributed by atoms with van der Waals surface area (Å²) in [7, 11) is 0. The van der Waals surface area contributed by atoms with Crippen molar-refractivity contribution in [1.82, 2.24) is 0 Å². The molecule has 0 aliphatic carbocycles. The van der Waals surface area contributed by atoms with Gasteiger partial charge in [0.15, 0.2) is 5.06 Å². The number of hydrogen-bond donors (Lipinski definition) is 1. The van der Waals surface area contributed by atoms with Crippen LogP contribution < -0.4 is 4.74 Å². The molecule has 86 valence electrons. The smallest absolute Gasteiger partial charge is 0.180 e. The monoisotopic (exact) mass is 228 g/mol. The second-order valence-corrected chi connectivity index (χ2v) is 5.84. The fourth-order valence-electron chi connectivity index (χ4n) is 1.24. The van der Waals surface area contributed by atoms with Crippen molar-refractivity contribution in [3.63, 3.8) is 0 Å². The Bertz CT molecular complexity index is 321. The molecule has 0 bridgehead atoms. The van der Waals surface area contributed by atoms with E-state index in [-0.39, 0.29) is 5.60 Å². The van der Waals surface area contributed by atoms with Gasteiger partial charge in [-0.1, -0.05) is 6.92 Å². The van der Waals surface area contributed by atoms with Gasteiger partial charge in [0.1, 0.15) is 5.60 Å². The third-order valence-electron chi connectivity index (χ3n) is 2.30. The zero-order valence-electron chi connectivity index (χ0n) is 10.1. The Balaban J connectivity index is 2.97. The molecule has 0 aliphatic rings. The first kappa shape index (κ1) is 12.5. The summed E-state index contributed by atoms with van der Waals surface area (Å²) >= 11 is 1.54. The molecule has 0 amide bonds. The van der Waals surface area contributed by atoms with Crippen molar-refractivity contribution in [3.05, 3.63) is 17.0 Å². The van der Waals surface area contributed by atoms with Crippen LogP contribution in [0.3, 0.4) is 0 Å². The largest absolute Gasteiger partial charge is 0.478 e. The normalized spacial score (nSPS) is 16.1. The Kier molecular flexibility index (Phi) is 3.46. The predicted molar refractivity (Wildman–Crippen MR) is 64.6 cm³/mol. The molecular formula is C12H20O2S. The minimum absolute atomic E-state index is 0.219. The second kappa shape index (κ2) is 4.14. The molecule has 0 fully saturated rings. The maximum absolute atomic E-state index is 10.2. The summed E-state index contributed by atoms with van der Waals surface area (Å²) < 4.78 is 5.82. The third-order valence-corrected chi connectivity index (χ3v) is 3.09. The molecular weight excluding hydrogens is 208 g/mol. The molecule has 1 heterocycles. The van der Waals surface area contributed by atoms with Crippen molar-refractivity contribution in [1.29, 1.82) is 0 Å². The molecule has 1 aromatic heterocycles. The van der Waals surface area contributed by atoms with Crippen molar-refractivity contribution >= 4 is 11.3 Å². The lowest BCUT2D eigenvalue weighted by atomic mass is 9.96. The van der Waals surface area contributed by atoms with E-state index in [9.17, 15) is 5.11 Å². The van der Waals surface area contributed by atoms with E-state index in [2.05, 4.69) is 0 Å². The average molecular weight is 228 g/mol. The molecule has 1 atom stereocenters. The highest BCUT2D eigenvalue weighted by molar-refractivity contribution is 7.12. The molecule has 1 N–H and O–H groups in total. The van der Waals surface area contributed by atoms with Gasteiger partial charge in [0.05, 0.1) is 5.60 Å². The number of rotatable bonds is 3. The highest BCUT2D eigenvalue weighted by Crippen LogP contribution is 2.38. The number of aliphatic hydroxyl groups is 1.